The van der Waals surface area contributed by atoms with E-state index in [9.17, 15) is 14.9 Å². The molecule has 2 aromatic rings. The van der Waals surface area contributed by atoms with E-state index < -0.39 is 11.3 Å². The molecule has 0 N–H and O–H groups in total. The van der Waals surface area contributed by atoms with Crippen molar-refractivity contribution in [2.45, 2.75) is 24.8 Å². The van der Waals surface area contributed by atoms with E-state index in [4.69, 9.17) is 4.42 Å². The molecule has 0 unspecified atom stereocenters. The number of nitriles is 1. The van der Waals surface area contributed by atoms with Gasteiger partial charge in [0.05, 0.1) is 17.1 Å². The molecular weight excluding hydrogens is 270 g/mol. The molecule has 0 aliphatic heterocycles. The molecular formula is C15H15N3O3. The molecule has 1 amide bonds. The first kappa shape index (κ1) is 13.4. The minimum atomic E-state index is -0.728. The number of carbonyl (C=O) groups is 1. The first-order valence-electron chi connectivity index (χ1n) is 6.78. The number of amides is 1. The standard InChI is InChI=1S/C15H15N3O3/c1-17-11-6-3-5-10(12(11)21-14(17)20)13(19)18(2)15(9-16)7-4-8-15/h3,5-6H,4,7-8H2,1-2H3. The fraction of sp³-hybridized carbons (Fsp3) is 0.400. The molecule has 6 nitrogen and oxygen atoms in total. The van der Waals surface area contributed by atoms with Gasteiger partial charge in [0, 0.05) is 14.1 Å². The lowest BCUT2D eigenvalue weighted by atomic mass is 9.76. The van der Waals surface area contributed by atoms with E-state index in [1.165, 1.54) is 9.47 Å². The summed E-state index contributed by atoms with van der Waals surface area (Å²) in [6.07, 6.45) is 2.30. The number of para-hydroxylation sites is 1. The van der Waals surface area contributed by atoms with Crippen molar-refractivity contribution in [1.82, 2.24) is 9.47 Å². The van der Waals surface area contributed by atoms with Gasteiger partial charge in [0.25, 0.3) is 5.91 Å². The van der Waals surface area contributed by atoms with Crippen LogP contribution in [0.5, 0.6) is 0 Å². The Bertz CT molecular complexity index is 821. The average molecular weight is 285 g/mol. The zero-order valence-corrected chi connectivity index (χ0v) is 11.9. The molecule has 3 rings (SSSR count). The molecule has 1 saturated carbocycles. The highest BCUT2D eigenvalue weighted by atomic mass is 16.4. The lowest BCUT2D eigenvalue weighted by Gasteiger charge is -2.42. The lowest BCUT2D eigenvalue weighted by molar-refractivity contribution is 0.0498. The van der Waals surface area contributed by atoms with Crippen LogP contribution in [0, 0.1) is 11.3 Å². The smallest absolute Gasteiger partial charge is 0.407 e. The fourth-order valence-electron chi connectivity index (χ4n) is 2.73. The second kappa shape index (κ2) is 4.48. The van der Waals surface area contributed by atoms with Crippen LogP contribution in [0.3, 0.4) is 0 Å². The van der Waals surface area contributed by atoms with E-state index in [0.29, 0.717) is 23.9 Å². The Morgan fingerprint density at radius 3 is 2.76 bits per heavy atom. The maximum Gasteiger partial charge on any atom is 0.419 e. The van der Waals surface area contributed by atoms with Crippen LogP contribution in [-0.2, 0) is 7.05 Å². The van der Waals surface area contributed by atoms with Gasteiger partial charge in [-0.2, -0.15) is 5.26 Å². The highest BCUT2D eigenvalue weighted by Crippen LogP contribution is 2.37. The predicted octanol–water partition coefficient (Wildman–Crippen LogP) is 1.65. The van der Waals surface area contributed by atoms with Gasteiger partial charge in [0.15, 0.2) is 5.58 Å². The third kappa shape index (κ3) is 1.77. The van der Waals surface area contributed by atoms with E-state index in [1.807, 2.05) is 0 Å². The van der Waals surface area contributed by atoms with Gasteiger partial charge in [-0.25, -0.2) is 4.79 Å². The van der Waals surface area contributed by atoms with Crippen LogP contribution in [0.2, 0.25) is 0 Å². The molecule has 1 aromatic carbocycles. The van der Waals surface area contributed by atoms with Crippen molar-refractivity contribution >= 4 is 17.0 Å². The first-order chi connectivity index (χ1) is 10.00. The Kier molecular flexibility index (Phi) is 2.87. The Labute approximate surface area is 121 Å². The van der Waals surface area contributed by atoms with Crippen molar-refractivity contribution in [3.05, 3.63) is 34.3 Å². The van der Waals surface area contributed by atoms with E-state index in [1.54, 1.807) is 32.3 Å². The summed E-state index contributed by atoms with van der Waals surface area (Å²) in [7, 11) is 3.22. The molecule has 0 radical (unpaired) electrons. The van der Waals surface area contributed by atoms with E-state index >= 15 is 0 Å². The summed E-state index contributed by atoms with van der Waals surface area (Å²) in [5.41, 5.74) is 0.427. The molecule has 0 atom stereocenters. The summed E-state index contributed by atoms with van der Waals surface area (Å²) in [4.78, 5) is 25.8. The van der Waals surface area contributed by atoms with Crippen LogP contribution in [0.15, 0.2) is 27.4 Å². The van der Waals surface area contributed by atoms with Crippen LogP contribution < -0.4 is 5.76 Å². The topological polar surface area (TPSA) is 79.2 Å². The molecule has 1 aromatic heterocycles. The van der Waals surface area contributed by atoms with Gasteiger partial charge in [0.1, 0.15) is 5.54 Å². The van der Waals surface area contributed by atoms with Crippen LogP contribution in [0.1, 0.15) is 29.6 Å². The van der Waals surface area contributed by atoms with E-state index in [2.05, 4.69) is 6.07 Å². The van der Waals surface area contributed by atoms with Crippen molar-refractivity contribution in [2.24, 2.45) is 7.05 Å². The quantitative estimate of drug-likeness (QED) is 0.840. The number of benzene rings is 1. The number of fused-ring (bicyclic) bond motifs is 1. The minimum absolute atomic E-state index is 0.272. The molecule has 0 spiro atoms. The Hall–Kier alpha value is -2.55. The molecule has 1 aliphatic rings. The fourth-order valence-corrected chi connectivity index (χ4v) is 2.73. The summed E-state index contributed by atoms with van der Waals surface area (Å²) < 4.78 is 6.53. The summed E-state index contributed by atoms with van der Waals surface area (Å²) in [6.45, 7) is 0. The van der Waals surface area contributed by atoms with Gasteiger partial charge in [-0.3, -0.25) is 9.36 Å². The average Bonchev–Trinajstić information content (AvgIpc) is 2.73. The van der Waals surface area contributed by atoms with Crippen LogP contribution >= 0.6 is 0 Å². The van der Waals surface area contributed by atoms with Crippen LogP contribution in [-0.4, -0.2) is 28.0 Å². The van der Waals surface area contributed by atoms with Crippen molar-refractivity contribution in [3.63, 3.8) is 0 Å². The highest BCUT2D eigenvalue weighted by molar-refractivity contribution is 6.04. The third-order valence-corrected chi connectivity index (χ3v) is 4.38. The number of aryl methyl sites for hydroxylation is 1. The normalized spacial score (nSPS) is 16.2. The molecule has 6 heteroatoms. The number of aromatic nitrogens is 1. The zero-order valence-electron chi connectivity index (χ0n) is 11.9. The Morgan fingerprint density at radius 1 is 1.48 bits per heavy atom. The number of hydrogen-bond acceptors (Lipinski definition) is 4. The van der Waals surface area contributed by atoms with Crippen molar-refractivity contribution < 1.29 is 9.21 Å². The van der Waals surface area contributed by atoms with Crippen molar-refractivity contribution in [1.29, 1.82) is 5.26 Å². The number of oxazole rings is 1. The summed E-state index contributed by atoms with van der Waals surface area (Å²) >= 11 is 0. The van der Waals surface area contributed by atoms with Gasteiger partial charge in [-0.1, -0.05) is 6.07 Å². The summed E-state index contributed by atoms with van der Waals surface area (Å²) in [6, 6.07) is 7.29. The second-order valence-electron chi connectivity index (χ2n) is 5.44. The maximum absolute atomic E-state index is 12.7. The Balaban J connectivity index is 2.09. The molecule has 1 aliphatic carbocycles. The summed E-state index contributed by atoms with van der Waals surface area (Å²) in [5, 5.41) is 9.34. The third-order valence-electron chi connectivity index (χ3n) is 4.38. The molecule has 21 heavy (non-hydrogen) atoms. The minimum Gasteiger partial charge on any atom is -0.407 e. The largest absolute Gasteiger partial charge is 0.419 e. The van der Waals surface area contributed by atoms with Gasteiger partial charge in [-0.05, 0) is 31.4 Å². The number of carbonyl (C=O) groups excluding carboxylic acids is 1. The van der Waals surface area contributed by atoms with Crippen molar-refractivity contribution in [3.8, 4) is 6.07 Å². The van der Waals surface area contributed by atoms with Crippen LogP contribution in [0.25, 0.3) is 11.1 Å². The lowest BCUT2D eigenvalue weighted by Crippen LogP contribution is -2.53. The summed E-state index contributed by atoms with van der Waals surface area (Å²) in [5.74, 6) is -0.803. The molecule has 0 saturated heterocycles. The van der Waals surface area contributed by atoms with Crippen molar-refractivity contribution in [2.75, 3.05) is 7.05 Å². The Morgan fingerprint density at radius 2 is 2.19 bits per heavy atom. The molecule has 0 bridgehead atoms. The van der Waals surface area contributed by atoms with Gasteiger partial charge in [-0.15, -0.1) is 0 Å². The van der Waals surface area contributed by atoms with Gasteiger partial charge in [0.2, 0.25) is 0 Å². The monoisotopic (exact) mass is 285 g/mol. The highest BCUT2D eigenvalue weighted by Gasteiger charge is 2.44. The first-order valence-corrected chi connectivity index (χ1v) is 6.78. The molecule has 1 fully saturated rings. The van der Waals surface area contributed by atoms with E-state index in [-0.39, 0.29) is 11.5 Å². The number of hydrogen-bond donors (Lipinski definition) is 0. The number of nitrogens with zero attached hydrogens (tertiary/aromatic N) is 3. The zero-order chi connectivity index (χ0) is 15.2. The predicted molar refractivity (Wildman–Crippen MR) is 75.7 cm³/mol. The SMILES string of the molecule is CN(C(=O)c1cccc2c1oc(=O)n2C)C1(C#N)CCC1. The van der Waals surface area contributed by atoms with Gasteiger partial charge < -0.3 is 9.32 Å². The van der Waals surface area contributed by atoms with Crippen LogP contribution in [0.4, 0.5) is 0 Å². The molecule has 108 valence electrons. The second-order valence-corrected chi connectivity index (χ2v) is 5.44. The molecule has 1 heterocycles. The maximum atomic E-state index is 12.7. The number of rotatable bonds is 2. The van der Waals surface area contributed by atoms with E-state index in [0.717, 1.165) is 6.42 Å². The van der Waals surface area contributed by atoms with Gasteiger partial charge >= 0.3 is 5.76 Å².